The largest absolute Gasteiger partial charge is 0.444 e. The van der Waals surface area contributed by atoms with Gasteiger partial charge in [0.1, 0.15) is 11.7 Å². The first-order chi connectivity index (χ1) is 12.8. The smallest absolute Gasteiger partial charge is 0.410 e. The molecule has 6 heteroatoms. The molecule has 1 aliphatic heterocycles. The predicted molar refractivity (Wildman–Crippen MR) is 108 cm³/mol. The van der Waals surface area contributed by atoms with E-state index < -0.39 is 5.60 Å². The van der Waals surface area contributed by atoms with E-state index in [-0.39, 0.29) is 12.2 Å². The molecule has 1 saturated heterocycles. The lowest BCUT2D eigenvalue weighted by Gasteiger charge is -2.34. The summed E-state index contributed by atoms with van der Waals surface area (Å²) in [6, 6.07) is 15.6. The van der Waals surface area contributed by atoms with Crippen LogP contribution in [0.15, 0.2) is 48.5 Å². The molecular formula is C21H25ClN2O3. The Bertz CT molecular complexity index is 770. The normalized spacial score (nSPS) is 17.5. The Morgan fingerprint density at radius 2 is 1.70 bits per heavy atom. The van der Waals surface area contributed by atoms with Gasteiger partial charge in [0.05, 0.1) is 13.2 Å². The lowest BCUT2D eigenvalue weighted by Crippen LogP contribution is -2.44. The molecule has 2 aromatic carbocycles. The maximum Gasteiger partial charge on any atom is 0.410 e. The van der Waals surface area contributed by atoms with Crippen molar-refractivity contribution < 1.29 is 14.3 Å². The van der Waals surface area contributed by atoms with Crippen molar-refractivity contribution in [3.63, 3.8) is 0 Å². The van der Waals surface area contributed by atoms with E-state index in [9.17, 15) is 4.79 Å². The van der Waals surface area contributed by atoms with Gasteiger partial charge in [0.2, 0.25) is 0 Å². The van der Waals surface area contributed by atoms with Gasteiger partial charge in [-0.2, -0.15) is 0 Å². The summed E-state index contributed by atoms with van der Waals surface area (Å²) in [6.45, 7) is 7.13. The zero-order valence-corrected chi connectivity index (χ0v) is 16.6. The Labute approximate surface area is 165 Å². The molecule has 0 radical (unpaired) electrons. The summed E-state index contributed by atoms with van der Waals surface area (Å²) < 4.78 is 11.3. The second-order valence-corrected chi connectivity index (χ2v) is 7.98. The summed E-state index contributed by atoms with van der Waals surface area (Å²) in [5.74, 6) is 0. The van der Waals surface area contributed by atoms with E-state index in [1.165, 1.54) is 0 Å². The third kappa shape index (κ3) is 5.62. The summed E-state index contributed by atoms with van der Waals surface area (Å²) in [6.07, 6.45) is -0.451. The van der Waals surface area contributed by atoms with Crippen LogP contribution in [-0.2, 0) is 9.47 Å². The molecule has 2 aromatic rings. The first-order valence-corrected chi connectivity index (χ1v) is 9.40. The van der Waals surface area contributed by atoms with Crippen LogP contribution in [0.2, 0.25) is 5.02 Å². The van der Waals surface area contributed by atoms with Gasteiger partial charge in [-0.1, -0.05) is 23.7 Å². The number of nitrogens with one attached hydrogen (secondary N) is 1. The summed E-state index contributed by atoms with van der Waals surface area (Å²) in [5.41, 5.74) is 2.47. The highest BCUT2D eigenvalue weighted by atomic mass is 35.5. The molecule has 1 N–H and O–H groups in total. The van der Waals surface area contributed by atoms with Crippen LogP contribution in [0.3, 0.4) is 0 Å². The van der Waals surface area contributed by atoms with E-state index >= 15 is 0 Å². The summed E-state index contributed by atoms with van der Waals surface area (Å²) >= 11 is 5.91. The molecule has 1 heterocycles. The van der Waals surface area contributed by atoms with Crippen LogP contribution in [0.25, 0.3) is 0 Å². The van der Waals surface area contributed by atoms with Crippen molar-refractivity contribution in [1.82, 2.24) is 4.90 Å². The van der Waals surface area contributed by atoms with Gasteiger partial charge in [-0.3, -0.25) is 0 Å². The number of rotatable bonds is 3. The Kier molecular flexibility index (Phi) is 5.92. The second kappa shape index (κ2) is 8.19. The van der Waals surface area contributed by atoms with Crippen LogP contribution in [0.5, 0.6) is 0 Å². The van der Waals surface area contributed by atoms with Crippen molar-refractivity contribution in [2.45, 2.75) is 32.5 Å². The predicted octanol–water partition coefficient (Wildman–Crippen LogP) is 5.39. The molecule has 1 aliphatic rings. The average Bonchev–Trinajstić information content (AvgIpc) is 2.63. The summed E-state index contributed by atoms with van der Waals surface area (Å²) in [4.78, 5) is 14.0. The third-order valence-electron chi connectivity index (χ3n) is 4.13. The van der Waals surface area contributed by atoms with Gasteiger partial charge in [-0.25, -0.2) is 4.79 Å². The minimum absolute atomic E-state index is 0.157. The average molecular weight is 389 g/mol. The molecule has 1 atom stereocenters. The number of amides is 1. The highest BCUT2D eigenvalue weighted by Gasteiger charge is 2.28. The van der Waals surface area contributed by atoms with Crippen LogP contribution in [0, 0.1) is 0 Å². The molecule has 0 aliphatic carbocycles. The molecule has 0 saturated carbocycles. The minimum Gasteiger partial charge on any atom is -0.444 e. The topological polar surface area (TPSA) is 50.8 Å². The van der Waals surface area contributed by atoms with Crippen molar-refractivity contribution in [3.05, 3.63) is 59.1 Å². The molecule has 0 aromatic heterocycles. The van der Waals surface area contributed by atoms with Crippen LogP contribution in [0.1, 0.15) is 32.4 Å². The van der Waals surface area contributed by atoms with Crippen molar-refractivity contribution >= 4 is 29.1 Å². The van der Waals surface area contributed by atoms with Crippen LogP contribution in [0.4, 0.5) is 16.2 Å². The van der Waals surface area contributed by atoms with Crippen molar-refractivity contribution in [1.29, 1.82) is 0 Å². The van der Waals surface area contributed by atoms with Gasteiger partial charge in [0.25, 0.3) is 0 Å². The summed E-state index contributed by atoms with van der Waals surface area (Å²) in [5, 5.41) is 4.04. The van der Waals surface area contributed by atoms with Gasteiger partial charge in [-0.05, 0) is 62.7 Å². The number of hydrogen-bond acceptors (Lipinski definition) is 4. The number of hydrogen-bond donors (Lipinski definition) is 1. The van der Waals surface area contributed by atoms with Crippen LogP contribution >= 0.6 is 11.6 Å². The SMILES string of the molecule is CC(C)(C)OC(=O)N1CCOC(c2ccc(Nc3ccc(Cl)cc3)cc2)C1. The molecule has 1 unspecified atom stereocenters. The fraction of sp³-hybridized carbons (Fsp3) is 0.381. The standard InChI is InChI=1S/C21H25ClN2O3/c1-21(2,3)27-20(25)24-12-13-26-19(14-24)15-4-8-17(9-5-15)23-18-10-6-16(22)7-11-18/h4-11,19,23H,12-14H2,1-3H3. The zero-order chi connectivity index (χ0) is 19.4. The van der Waals surface area contributed by atoms with E-state index in [1.54, 1.807) is 4.90 Å². The van der Waals surface area contributed by atoms with E-state index in [4.69, 9.17) is 21.1 Å². The Hall–Kier alpha value is -2.24. The molecule has 0 spiro atoms. The molecule has 5 nitrogen and oxygen atoms in total. The fourth-order valence-electron chi connectivity index (χ4n) is 2.82. The van der Waals surface area contributed by atoms with Gasteiger partial charge < -0.3 is 19.7 Å². The monoisotopic (exact) mass is 388 g/mol. The van der Waals surface area contributed by atoms with Crippen molar-refractivity contribution in [3.8, 4) is 0 Å². The first-order valence-electron chi connectivity index (χ1n) is 9.02. The zero-order valence-electron chi connectivity index (χ0n) is 15.9. The number of carbonyl (C=O) groups is 1. The van der Waals surface area contributed by atoms with E-state index in [0.29, 0.717) is 24.7 Å². The number of carbonyl (C=O) groups excluding carboxylic acids is 1. The van der Waals surface area contributed by atoms with E-state index in [0.717, 1.165) is 16.9 Å². The highest BCUT2D eigenvalue weighted by molar-refractivity contribution is 6.30. The summed E-state index contributed by atoms with van der Waals surface area (Å²) in [7, 11) is 0. The lowest BCUT2D eigenvalue weighted by atomic mass is 10.1. The third-order valence-corrected chi connectivity index (χ3v) is 4.39. The number of nitrogens with zero attached hydrogens (tertiary/aromatic N) is 1. The number of ether oxygens (including phenoxy) is 2. The van der Waals surface area contributed by atoms with Gasteiger partial charge in [0.15, 0.2) is 0 Å². The van der Waals surface area contributed by atoms with Crippen LogP contribution in [-0.4, -0.2) is 36.3 Å². The molecule has 1 amide bonds. The van der Waals surface area contributed by atoms with E-state index in [1.807, 2.05) is 69.3 Å². The van der Waals surface area contributed by atoms with Gasteiger partial charge >= 0.3 is 6.09 Å². The second-order valence-electron chi connectivity index (χ2n) is 7.54. The number of morpholine rings is 1. The van der Waals surface area contributed by atoms with Crippen LogP contribution < -0.4 is 5.32 Å². The number of halogens is 1. The van der Waals surface area contributed by atoms with Crippen molar-refractivity contribution in [2.75, 3.05) is 25.0 Å². The Balaban J connectivity index is 1.62. The number of benzene rings is 2. The van der Waals surface area contributed by atoms with Gasteiger partial charge in [-0.15, -0.1) is 0 Å². The molecule has 144 valence electrons. The first kappa shape index (κ1) is 19.5. The van der Waals surface area contributed by atoms with Crippen molar-refractivity contribution in [2.24, 2.45) is 0 Å². The fourth-order valence-corrected chi connectivity index (χ4v) is 2.95. The number of anilines is 2. The molecule has 0 bridgehead atoms. The highest BCUT2D eigenvalue weighted by Crippen LogP contribution is 2.26. The Morgan fingerprint density at radius 3 is 2.30 bits per heavy atom. The molecular weight excluding hydrogens is 364 g/mol. The molecule has 27 heavy (non-hydrogen) atoms. The van der Waals surface area contributed by atoms with E-state index in [2.05, 4.69) is 5.32 Å². The maximum absolute atomic E-state index is 12.3. The molecule has 1 fully saturated rings. The lowest BCUT2D eigenvalue weighted by molar-refractivity contribution is -0.0432. The Morgan fingerprint density at radius 1 is 1.11 bits per heavy atom. The maximum atomic E-state index is 12.3. The molecule has 3 rings (SSSR count). The van der Waals surface area contributed by atoms with Gasteiger partial charge in [0, 0.05) is 22.9 Å². The quantitative estimate of drug-likeness (QED) is 0.765. The minimum atomic E-state index is -0.500.